The van der Waals surface area contributed by atoms with Gasteiger partial charge in [0.25, 0.3) is 5.56 Å². The highest BCUT2D eigenvalue weighted by molar-refractivity contribution is 5.80. The lowest BCUT2D eigenvalue weighted by Gasteiger charge is -2.34. The molecule has 152 valence electrons. The molecule has 1 fully saturated rings. The third-order valence-electron chi connectivity index (χ3n) is 5.42. The number of H-pyrrole nitrogens is 1. The molecule has 0 aliphatic carbocycles. The maximum Gasteiger partial charge on any atom is 0.253 e. The Morgan fingerprint density at radius 1 is 1.03 bits per heavy atom. The first-order valence-electron chi connectivity index (χ1n) is 10.2. The Morgan fingerprint density at radius 2 is 1.79 bits per heavy atom. The number of aromatic nitrogens is 1. The van der Waals surface area contributed by atoms with Crippen molar-refractivity contribution in [1.29, 1.82) is 0 Å². The van der Waals surface area contributed by atoms with Gasteiger partial charge in [-0.3, -0.25) is 4.79 Å². The average molecular weight is 393 g/mol. The zero-order valence-corrected chi connectivity index (χ0v) is 17.1. The summed E-state index contributed by atoms with van der Waals surface area (Å²) in [6, 6.07) is 16.1. The van der Waals surface area contributed by atoms with Crippen LogP contribution in [0.4, 0.5) is 11.4 Å². The van der Waals surface area contributed by atoms with Gasteiger partial charge in [-0.2, -0.15) is 0 Å². The molecule has 1 saturated heterocycles. The van der Waals surface area contributed by atoms with Crippen molar-refractivity contribution >= 4 is 22.3 Å². The molecule has 4 rings (SSSR count). The van der Waals surface area contributed by atoms with Crippen molar-refractivity contribution in [2.75, 3.05) is 50.1 Å². The fourth-order valence-electron chi connectivity index (χ4n) is 3.67. The Morgan fingerprint density at radius 3 is 2.52 bits per heavy atom. The number of fused-ring (bicyclic) bond motifs is 1. The van der Waals surface area contributed by atoms with E-state index in [2.05, 4.69) is 51.4 Å². The van der Waals surface area contributed by atoms with Gasteiger partial charge in [0.15, 0.2) is 0 Å². The van der Waals surface area contributed by atoms with E-state index < -0.39 is 0 Å². The highest BCUT2D eigenvalue weighted by atomic mass is 16.5. The lowest BCUT2D eigenvalue weighted by Crippen LogP contribution is -2.44. The van der Waals surface area contributed by atoms with Gasteiger partial charge >= 0.3 is 0 Å². The van der Waals surface area contributed by atoms with Crippen molar-refractivity contribution < 1.29 is 4.74 Å². The number of nitrogens with one attached hydrogen (secondary N) is 2. The second-order valence-electron chi connectivity index (χ2n) is 7.50. The first kappa shape index (κ1) is 19.3. The Bertz CT molecular complexity index is 1020. The quantitative estimate of drug-likeness (QED) is 0.674. The molecule has 29 heavy (non-hydrogen) atoms. The van der Waals surface area contributed by atoms with Crippen LogP contribution in [-0.4, -0.2) is 49.7 Å². The SMILES string of the molecule is CCOc1ccc2[nH]c(=O)c(CNc3ccc(N4CCN(C)CC4)cc3)cc2c1. The number of likely N-dealkylation sites (N-methyl/N-ethyl adjacent to an activating group) is 1. The van der Waals surface area contributed by atoms with Gasteiger partial charge in [-0.25, -0.2) is 0 Å². The van der Waals surface area contributed by atoms with Gasteiger partial charge in [-0.05, 0) is 62.5 Å². The summed E-state index contributed by atoms with van der Waals surface area (Å²) in [4.78, 5) is 20.1. The Labute approximate surface area is 171 Å². The number of anilines is 2. The predicted molar refractivity (Wildman–Crippen MR) is 119 cm³/mol. The molecule has 6 heteroatoms. The van der Waals surface area contributed by atoms with Crippen LogP contribution in [0.15, 0.2) is 53.3 Å². The zero-order chi connectivity index (χ0) is 20.2. The predicted octanol–water partition coefficient (Wildman–Crippen LogP) is 3.29. The number of hydrogen-bond donors (Lipinski definition) is 2. The molecule has 0 saturated carbocycles. The van der Waals surface area contributed by atoms with E-state index in [1.54, 1.807) is 0 Å². The summed E-state index contributed by atoms with van der Waals surface area (Å²) in [6.45, 7) is 7.34. The molecule has 0 radical (unpaired) electrons. The standard InChI is InChI=1S/C23H28N4O2/c1-3-29-21-8-9-22-17(15-21)14-18(23(28)25-22)16-24-19-4-6-20(7-5-19)27-12-10-26(2)11-13-27/h4-9,14-15,24H,3,10-13,16H2,1-2H3,(H,25,28). The normalized spacial score (nSPS) is 14.9. The molecule has 0 amide bonds. The highest BCUT2D eigenvalue weighted by Gasteiger charge is 2.14. The molecule has 1 aliphatic rings. The number of aromatic amines is 1. The molecule has 3 aromatic rings. The number of nitrogens with zero attached hydrogens (tertiary/aromatic N) is 2. The Balaban J connectivity index is 1.44. The number of rotatable bonds is 6. The summed E-state index contributed by atoms with van der Waals surface area (Å²) in [5.41, 5.74) is 3.71. The Hall–Kier alpha value is -2.99. The first-order valence-corrected chi connectivity index (χ1v) is 10.2. The molecule has 2 heterocycles. The van der Waals surface area contributed by atoms with Crippen LogP contribution in [-0.2, 0) is 6.54 Å². The van der Waals surface area contributed by atoms with Crippen LogP contribution in [0.1, 0.15) is 12.5 Å². The van der Waals surface area contributed by atoms with Crippen LogP contribution >= 0.6 is 0 Å². The van der Waals surface area contributed by atoms with Crippen molar-refractivity contribution in [2.24, 2.45) is 0 Å². The molecule has 1 aromatic heterocycles. The van der Waals surface area contributed by atoms with E-state index in [0.717, 1.165) is 48.5 Å². The van der Waals surface area contributed by atoms with Crippen LogP contribution < -0.4 is 20.5 Å². The summed E-state index contributed by atoms with van der Waals surface area (Å²) in [5.74, 6) is 0.811. The molecule has 2 aromatic carbocycles. The molecule has 6 nitrogen and oxygen atoms in total. The van der Waals surface area contributed by atoms with Crippen LogP contribution in [0, 0.1) is 0 Å². The van der Waals surface area contributed by atoms with Crippen LogP contribution in [0.5, 0.6) is 5.75 Å². The topological polar surface area (TPSA) is 60.6 Å². The summed E-state index contributed by atoms with van der Waals surface area (Å²) in [5, 5.41) is 4.34. The number of pyridine rings is 1. The third kappa shape index (κ3) is 4.54. The lowest BCUT2D eigenvalue weighted by atomic mass is 10.1. The largest absolute Gasteiger partial charge is 0.494 e. The van der Waals surface area contributed by atoms with Crippen molar-refractivity contribution in [3.8, 4) is 5.75 Å². The molecule has 0 atom stereocenters. The molecule has 2 N–H and O–H groups in total. The first-order chi connectivity index (χ1) is 14.1. The summed E-state index contributed by atoms with van der Waals surface area (Å²) in [6.07, 6.45) is 0. The Kier molecular flexibility index (Phi) is 5.71. The van der Waals surface area contributed by atoms with Crippen LogP contribution in [0.25, 0.3) is 10.9 Å². The van der Waals surface area contributed by atoms with E-state index in [0.29, 0.717) is 18.7 Å². The fraction of sp³-hybridized carbons (Fsp3) is 0.348. The minimum Gasteiger partial charge on any atom is -0.494 e. The van der Waals surface area contributed by atoms with E-state index in [1.807, 2.05) is 31.2 Å². The van der Waals surface area contributed by atoms with E-state index in [9.17, 15) is 4.79 Å². The van der Waals surface area contributed by atoms with Gasteiger partial charge < -0.3 is 24.8 Å². The summed E-state index contributed by atoms with van der Waals surface area (Å²) < 4.78 is 5.57. The average Bonchev–Trinajstić information content (AvgIpc) is 2.74. The fourth-order valence-corrected chi connectivity index (χ4v) is 3.67. The van der Waals surface area contributed by atoms with Crippen molar-refractivity contribution in [2.45, 2.75) is 13.5 Å². The molecule has 0 unspecified atom stereocenters. The van der Waals surface area contributed by atoms with Gasteiger partial charge in [-0.1, -0.05) is 0 Å². The van der Waals surface area contributed by atoms with Gasteiger partial charge in [0.2, 0.25) is 0 Å². The van der Waals surface area contributed by atoms with Gasteiger partial charge in [-0.15, -0.1) is 0 Å². The van der Waals surface area contributed by atoms with Gasteiger partial charge in [0, 0.05) is 60.6 Å². The van der Waals surface area contributed by atoms with Gasteiger partial charge in [0.05, 0.1) is 6.61 Å². The lowest BCUT2D eigenvalue weighted by molar-refractivity contribution is 0.313. The van der Waals surface area contributed by atoms with Gasteiger partial charge in [0.1, 0.15) is 5.75 Å². The van der Waals surface area contributed by atoms with E-state index in [4.69, 9.17) is 4.74 Å². The molecular formula is C23H28N4O2. The maximum absolute atomic E-state index is 12.4. The van der Waals surface area contributed by atoms with Crippen molar-refractivity contribution in [3.63, 3.8) is 0 Å². The molecule has 1 aliphatic heterocycles. The van der Waals surface area contributed by atoms with E-state index in [1.165, 1.54) is 5.69 Å². The van der Waals surface area contributed by atoms with E-state index >= 15 is 0 Å². The maximum atomic E-state index is 12.4. The summed E-state index contributed by atoms with van der Waals surface area (Å²) in [7, 11) is 2.16. The molecule has 0 spiro atoms. The van der Waals surface area contributed by atoms with E-state index in [-0.39, 0.29) is 5.56 Å². The second-order valence-corrected chi connectivity index (χ2v) is 7.50. The third-order valence-corrected chi connectivity index (χ3v) is 5.42. The summed E-state index contributed by atoms with van der Waals surface area (Å²) >= 11 is 0. The van der Waals surface area contributed by atoms with Crippen molar-refractivity contribution in [1.82, 2.24) is 9.88 Å². The molecular weight excluding hydrogens is 364 g/mol. The number of ether oxygens (including phenoxy) is 1. The number of hydrogen-bond acceptors (Lipinski definition) is 5. The smallest absolute Gasteiger partial charge is 0.253 e. The van der Waals surface area contributed by atoms with Crippen LogP contribution in [0.3, 0.4) is 0 Å². The zero-order valence-electron chi connectivity index (χ0n) is 17.1. The highest BCUT2D eigenvalue weighted by Crippen LogP contribution is 2.21. The number of benzene rings is 2. The monoisotopic (exact) mass is 392 g/mol. The number of piperazine rings is 1. The van der Waals surface area contributed by atoms with Crippen molar-refractivity contribution in [3.05, 3.63) is 64.4 Å². The van der Waals surface area contributed by atoms with Crippen LogP contribution in [0.2, 0.25) is 0 Å². The minimum atomic E-state index is -0.0665. The minimum absolute atomic E-state index is 0.0665. The second kappa shape index (κ2) is 8.57. The molecule has 0 bridgehead atoms.